The fraction of sp³-hybridized carbons (Fsp3) is 0.211. The summed E-state index contributed by atoms with van der Waals surface area (Å²) in [5, 5.41) is 1.10. The van der Waals surface area contributed by atoms with Crippen molar-refractivity contribution in [2.45, 2.75) is 30.4 Å². The molecule has 0 fully saturated rings. The van der Waals surface area contributed by atoms with E-state index in [4.69, 9.17) is 11.6 Å². The van der Waals surface area contributed by atoms with Crippen LogP contribution in [0.5, 0.6) is 0 Å². The lowest BCUT2D eigenvalue weighted by Crippen LogP contribution is -2.26. The Labute approximate surface area is 180 Å². The Balaban J connectivity index is 2.27. The van der Waals surface area contributed by atoms with Crippen LogP contribution >= 0.6 is 27.5 Å². The van der Waals surface area contributed by atoms with Crippen LogP contribution in [0.3, 0.4) is 0 Å². The third-order valence-electron chi connectivity index (χ3n) is 3.91. The number of benzene rings is 2. The summed E-state index contributed by atoms with van der Waals surface area (Å²) in [6, 6.07) is 13.1. The Morgan fingerprint density at radius 3 is 2.43 bits per heavy atom. The highest BCUT2D eigenvalue weighted by atomic mass is 79.9. The first kappa shape index (κ1) is 21.4. The van der Waals surface area contributed by atoms with Gasteiger partial charge in [0.15, 0.2) is 0 Å². The highest BCUT2D eigenvalue weighted by molar-refractivity contribution is 9.10. The number of nitrogens with zero attached hydrogens (tertiary/aromatic N) is 2. The molecule has 1 heterocycles. The van der Waals surface area contributed by atoms with Crippen LogP contribution in [0, 0.1) is 0 Å². The molecular formula is C19H18BrClN2O3S2. The number of hydrogen-bond acceptors (Lipinski definition) is 4. The Kier molecular flexibility index (Phi) is 5.99. The van der Waals surface area contributed by atoms with E-state index >= 15 is 0 Å². The van der Waals surface area contributed by atoms with Crippen LogP contribution in [-0.2, 0) is 21.4 Å². The number of fused-ring (bicyclic) bond motifs is 1. The van der Waals surface area contributed by atoms with E-state index in [1.807, 2.05) is 0 Å². The largest absolute Gasteiger partial charge is 0.591 e. The van der Waals surface area contributed by atoms with E-state index in [1.165, 1.54) is 22.3 Å². The molecule has 3 aromatic rings. The summed E-state index contributed by atoms with van der Waals surface area (Å²) in [6.45, 7) is 5.40. The van der Waals surface area contributed by atoms with Crippen LogP contribution in [-0.4, -0.2) is 27.9 Å². The van der Waals surface area contributed by atoms with Crippen LogP contribution in [0.4, 0.5) is 0 Å². The van der Waals surface area contributed by atoms with Gasteiger partial charge in [-0.3, -0.25) is 0 Å². The zero-order valence-electron chi connectivity index (χ0n) is 15.4. The molecule has 3 rings (SSSR count). The predicted octanol–water partition coefficient (Wildman–Crippen LogP) is 5.18. The van der Waals surface area contributed by atoms with Gasteiger partial charge in [-0.1, -0.05) is 34.2 Å². The van der Waals surface area contributed by atoms with Crippen molar-refractivity contribution in [2.75, 3.05) is 0 Å². The lowest BCUT2D eigenvalue weighted by Gasteiger charge is -2.17. The van der Waals surface area contributed by atoms with Crippen molar-refractivity contribution >= 4 is 66.0 Å². The molecule has 1 atom stereocenters. The van der Waals surface area contributed by atoms with E-state index in [9.17, 15) is 13.0 Å². The van der Waals surface area contributed by atoms with Crippen molar-refractivity contribution in [3.8, 4) is 0 Å². The second-order valence-corrected chi connectivity index (χ2v) is 12.1. The standard InChI is InChI=1S/C19H18BrClN2O3S2/c1-19(2,3)27(24)22-12-14-9-13-10-17(21)16(20)11-18(13)23(14)28(25,26)15-7-5-4-6-8-15/h4-12H,1-3H3/b22-12+. The minimum atomic E-state index is -3.90. The first-order valence-corrected chi connectivity index (χ1v) is 12.0. The van der Waals surface area contributed by atoms with E-state index < -0.39 is 26.1 Å². The van der Waals surface area contributed by atoms with Crippen LogP contribution in [0.2, 0.25) is 5.02 Å². The molecule has 0 aliphatic carbocycles. The van der Waals surface area contributed by atoms with E-state index in [-0.39, 0.29) is 4.90 Å². The topological polar surface area (TPSA) is 74.5 Å². The monoisotopic (exact) mass is 500 g/mol. The van der Waals surface area contributed by atoms with Gasteiger partial charge in [0, 0.05) is 9.86 Å². The summed E-state index contributed by atoms with van der Waals surface area (Å²) in [5.41, 5.74) is 0.744. The SMILES string of the molecule is CC(C)(C)[S+]([O-])/N=C/c1cc2cc(Cl)c(Br)cc2n1S(=O)(=O)c1ccccc1. The fourth-order valence-corrected chi connectivity index (χ4v) is 5.05. The van der Waals surface area contributed by atoms with Crippen molar-refractivity contribution in [1.82, 2.24) is 3.97 Å². The molecule has 0 radical (unpaired) electrons. The minimum Gasteiger partial charge on any atom is -0.591 e. The smallest absolute Gasteiger partial charge is 0.268 e. The van der Waals surface area contributed by atoms with Gasteiger partial charge in [-0.2, -0.15) is 0 Å². The highest BCUT2D eigenvalue weighted by Gasteiger charge is 2.27. The van der Waals surface area contributed by atoms with Gasteiger partial charge in [-0.15, -0.1) is 0 Å². The molecule has 148 valence electrons. The molecule has 0 aliphatic rings. The Hall–Kier alpha value is -1.32. The zero-order chi connectivity index (χ0) is 20.7. The maximum absolute atomic E-state index is 13.3. The zero-order valence-corrected chi connectivity index (χ0v) is 19.4. The molecule has 2 aromatic carbocycles. The summed E-state index contributed by atoms with van der Waals surface area (Å²) < 4.78 is 44.3. The van der Waals surface area contributed by atoms with Crippen LogP contribution in [0.25, 0.3) is 10.9 Å². The molecule has 28 heavy (non-hydrogen) atoms. The molecule has 5 nitrogen and oxygen atoms in total. The van der Waals surface area contributed by atoms with Crippen molar-refractivity contribution in [3.05, 3.63) is 63.7 Å². The summed E-state index contributed by atoms with van der Waals surface area (Å²) in [6.07, 6.45) is 1.34. The number of halogens is 2. The molecule has 9 heteroatoms. The summed E-state index contributed by atoms with van der Waals surface area (Å²) in [5.74, 6) is 0. The van der Waals surface area contributed by atoms with E-state index in [1.54, 1.807) is 57.2 Å². The van der Waals surface area contributed by atoms with Gasteiger partial charge in [0.1, 0.15) is 22.3 Å². The Morgan fingerprint density at radius 1 is 1.18 bits per heavy atom. The van der Waals surface area contributed by atoms with Gasteiger partial charge < -0.3 is 4.55 Å². The maximum Gasteiger partial charge on any atom is 0.268 e. The van der Waals surface area contributed by atoms with Gasteiger partial charge in [0.05, 0.1) is 21.1 Å². The summed E-state index contributed by atoms with van der Waals surface area (Å²) in [7, 11) is -3.90. The fourth-order valence-electron chi connectivity index (χ4n) is 2.52. The van der Waals surface area contributed by atoms with Crippen LogP contribution in [0.1, 0.15) is 26.5 Å². The maximum atomic E-state index is 13.3. The Bertz CT molecular complexity index is 1150. The van der Waals surface area contributed by atoms with Crippen molar-refractivity contribution < 1.29 is 13.0 Å². The van der Waals surface area contributed by atoms with Gasteiger partial charge in [-0.25, -0.2) is 12.4 Å². The normalized spacial score (nSPS) is 14.1. The lowest BCUT2D eigenvalue weighted by atomic mass is 10.2. The average Bonchev–Trinajstić information content (AvgIpc) is 2.97. The van der Waals surface area contributed by atoms with Gasteiger partial charge in [-0.05, 0) is 67.0 Å². The number of aromatic nitrogens is 1. The molecule has 0 saturated carbocycles. The van der Waals surface area contributed by atoms with Crippen LogP contribution < -0.4 is 0 Å². The predicted molar refractivity (Wildman–Crippen MR) is 119 cm³/mol. The second kappa shape index (κ2) is 7.84. The third kappa shape index (κ3) is 4.16. The third-order valence-corrected chi connectivity index (χ3v) is 8.21. The molecule has 0 aliphatic heterocycles. The van der Waals surface area contributed by atoms with Crippen LogP contribution in [0.15, 0.2) is 62.3 Å². The first-order valence-electron chi connectivity index (χ1n) is 8.29. The molecule has 0 spiro atoms. The lowest BCUT2D eigenvalue weighted by molar-refractivity contribution is 0.561. The Morgan fingerprint density at radius 2 is 1.82 bits per heavy atom. The molecule has 0 amide bonds. The molecule has 0 bridgehead atoms. The average molecular weight is 502 g/mol. The molecule has 1 aromatic heterocycles. The minimum absolute atomic E-state index is 0.144. The van der Waals surface area contributed by atoms with Gasteiger partial charge in [0.2, 0.25) is 0 Å². The first-order chi connectivity index (χ1) is 13.0. The summed E-state index contributed by atoms with van der Waals surface area (Å²) >= 11 is 8.01. The molecule has 0 N–H and O–H groups in total. The number of rotatable bonds is 4. The summed E-state index contributed by atoms with van der Waals surface area (Å²) in [4.78, 5) is 0.144. The van der Waals surface area contributed by atoms with E-state index in [2.05, 4.69) is 20.3 Å². The molecule has 1 unspecified atom stereocenters. The van der Waals surface area contributed by atoms with E-state index in [0.717, 1.165) is 0 Å². The second-order valence-electron chi connectivity index (χ2n) is 7.07. The van der Waals surface area contributed by atoms with Gasteiger partial charge >= 0.3 is 0 Å². The van der Waals surface area contributed by atoms with E-state index in [0.29, 0.717) is 26.1 Å². The van der Waals surface area contributed by atoms with Crippen molar-refractivity contribution in [1.29, 1.82) is 0 Å². The molecule has 0 saturated heterocycles. The van der Waals surface area contributed by atoms with Crippen molar-refractivity contribution in [2.24, 2.45) is 4.40 Å². The quantitative estimate of drug-likeness (QED) is 0.365. The highest BCUT2D eigenvalue weighted by Crippen LogP contribution is 2.32. The number of hydrogen-bond donors (Lipinski definition) is 0. The molecular weight excluding hydrogens is 484 g/mol. The van der Waals surface area contributed by atoms with Gasteiger partial charge in [0.25, 0.3) is 10.0 Å². The van der Waals surface area contributed by atoms with Crippen molar-refractivity contribution in [3.63, 3.8) is 0 Å².